The molecule has 0 atom stereocenters. The van der Waals surface area contributed by atoms with E-state index in [0.717, 1.165) is 0 Å². The van der Waals surface area contributed by atoms with Gasteiger partial charge in [0.1, 0.15) is 12.3 Å². The van der Waals surface area contributed by atoms with E-state index >= 15 is 0 Å². The van der Waals surface area contributed by atoms with Gasteiger partial charge < -0.3 is 15.2 Å². The van der Waals surface area contributed by atoms with E-state index in [0.29, 0.717) is 10.2 Å². The number of benzene rings is 1. The molecule has 0 aliphatic heterocycles. The highest BCUT2D eigenvalue weighted by molar-refractivity contribution is 9.10. The van der Waals surface area contributed by atoms with Gasteiger partial charge in [-0.1, -0.05) is 15.9 Å². The number of carbonyl (C=O) groups is 1. The van der Waals surface area contributed by atoms with E-state index in [-0.39, 0.29) is 25.4 Å². The third-order valence-electron chi connectivity index (χ3n) is 1.94. The fraction of sp³-hybridized carbons (Fsp3) is 0.300. The molecular weight excluding hydrogens is 308 g/mol. The van der Waals surface area contributed by atoms with Gasteiger partial charge >= 0.3 is 5.97 Å². The summed E-state index contributed by atoms with van der Waals surface area (Å²) >= 11 is 3.15. The Labute approximate surface area is 111 Å². The fourth-order valence-corrected chi connectivity index (χ4v) is 1.57. The van der Waals surface area contributed by atoms with Crippen molar-refractivity contribution in [3.05, 3.63) is 32.8 Å². The van der Waals surface area contributed by atoms with Crippen molar-refractivity contribution < 1.29 is 19.6 Å². The van der Waals surface area contributed by atoms with E-state index in [4.69, 9.17) is 9.84 Å². The normalized spacial score (nSPS) is 10.1. The standard InChI is InChI=1S/C10H11BrN2O5/c11-7-1-2-8(9(5-7)13(16)17)12-3-4-18-6-10(14)15/h1-2,5,12H,3-4,6H2,(H,14,15). The number of aliphatic carboxylic acids is 1. The Morgan fingerprint density at radius 1 is 1.56 bits per heavy atom. The van der Waals surface area contributed by atoms with Crippen LogP contribution < -0.4 is 5.32 Å². The SMILES string of the molecule is O=C(O)COCCNc1ccc(Br)cc1[N+](=O)[O-]. The highest BCUT2D eigenvalue weighted by Crippen LogP contribution is 2.27. The van der Waals surface area contributed by atoms with Crippen molar-refractivity contribution in [3.8, 4) is 0 Å². The number of ether oxygens (including phenoxy) is 1. The smallest absolute Gasteiger partial charge is 0.329 e. The van der Waals surface area contributed by atoms with Crippen molar-refractivity contribution in [2.45, 2.75) is 0 Å². The quantitative estimate of drug-likeness (QED) is 0.452. The second-order valence-electron chi connectivity index (χ2n) is 3.29. The van der Waals surface area contributed by atoms with Crippen LogP contribution in [-0.4, -0.2) is 35.8 Å². The zero-order valence-corrected chi connectivity index (χ0v) is 10.8. The molecule has 0 spiro atoms. The summed E-state index contributed by atoms with van der Waals surface area (Å²) in [5, 5.41) is 21.9. The number of nitrogens with zero attached hydrogens (tertiary/aromatic N) is 1. The van der Waals surface area contributed by atoms with Crippen molar-refractivity contribution in [2.24, 2.45) is 0 Å². The Morgan fingerprint density at radius 2 is 2.28 bits per heavy atom. The molecule has 0 aliphatic carbocycles. The van der Waals surface area contributed by atoms with Crippen molar-refractivity contribution in [2.75, 3.05) is 25.1 Å². The van der Waals surface area contributed by atoms with Crippen molar-refractivity contribution >= 4 is 33.3 Å². The minimum Gasteiger partial charge on any atom is -0.480 e. The number of hydrogen-bond donors (Lipinski definition) is 2. The van der Waals surface area contributed by atoms with Gasteiger partial charge in [-0.25, -0.2) is 4.79 Å². The Morgan fingerprint density at radius 3 is 2.89 bits per heavy atom. The number of nitro benzene ring substituents is 1. The molecule has 0 heterocycles. The summed E-state index contributed by atoms with van der Waals surface area (Å²) in [5.41, 5.74) is 0.310. The van der Waals surface area contributed by atoms with Gasteiger partial charge in [0, 0.05) is 17.1 Å². The summed E-state index contributed by atoms with van der Waals surface area (Å²) in [5.74, 6) is -1.05. The molecule has 0 saturated heterocycles. The van der Waals surface area contributed by atoms with E-state index in [2.05, 4.69) is 21.2 Å². The minimum atomic E-state index is -1.05. The summed E-state index contributed by atoms with van der Waals surface area (Å²) in [6, 6.07) is 4.63. The summed E-state index contributed by atoms with van der Waals surface area (Å²) in [4.78, 5) is 20.5. The lowest BCUT2D eigenvalue weighted by Gasteiger charge is -2.07. The minimum absolute atomic E-state index is 0.0531. The van der Waals surface area contributed by atoms with Crippen LogP contribution in [0.25, 0.3) is 0 Å². The predicted octanol–water partition coefficient (Wildman–Crippen LogP) is 1.87. The van der Waals surface area contributed by atoms with Gasteiger partial charge in [-0.3, -0.25) is 10.1 Å². The number of nitro groups is 1. The third-order valence-corrected chi connectivity index (χ3v) is 2.44. The third kappa shape index (κ3) is 4.68. The molecule has 1 aromatic carbocycles. The number of rotatable bonds is 7. The van der Waals surface area contributed by atoms with Crippen LogP contribution in [0, 0.1) is 10.1 Å². The number of nitrogens with one attached hydrogen (secondary N) is 1. The van der Waals surface area contributed by atoms with Crippen LogP contribution in [0.2, 0.25) is 0 Å². The Balaban J connectivity index is 2.51. The van der Waals surface area contributed by atoms with E-state index in [9.17, 15) is 14.9 Å². The van der Waals surface area contributed by atoms with E-state index < -0.39 is 10.9 Å². The highest BCUT2D eigenvalue weighted by atomic mass is 79.9. The van der Waals surface area contributed by atoms with E-state index in [1.165, 1.54) is 6.07 Å². The highest BCUT2D eigenvalue weighted by Gasteiger charge is 2.13. The summed E-state index contributed by atoms with van der Waals surface area (Å²) < 4.78 is 5.41. The zero-order chi connectivity index (χ0) is 13.5. The number of carboxylic acid groups (broad SMARTS) is 1. The first kappa shape index (κ1) is 14.4. The number of carboxylic acids is 1. The Bertz CT molecular complexity index is 452. The van der Waals surface area contributed by atoms with Crippen LogP contribution in [0.5, 0.6) is 0 Å². The molecule has 7 nitrogen and oxygen atoms in total. The van der Waals surface area contributed by atoms with Gasteiger partial charge in [-0.15, -0.1) is 0 Å². The fourth-order valence-electron chi connectivity index (χ4n) is 1.22. The van der Waals surface area contributed by atoms with E-state index in [1.807, 2.05) is 0 Å². The average Bonchev–Trinajstić information content (AvgIpc) is 2.29. The largest absolute Gasteiger partial charge is 0.480 e. The van der Waals surface area contributed by atoms with Crippen LogP contribution >= 0.6 is 15.9 Å². The van der Waals surface area contributed by atoms with Crippen molar-refractivity contribution in [1.82, 2.24) is 0 Å². The van der Waals surface area contributed by atoms with Crippen LogP contribution in [0.15, 0.2) is 22.7 Å². The predicted molar refractivity (Wildman–Crippen MR) is 67.7 cm³/mol. The van der Waals surface area contributed by atoms with Crippen LogP contribution in [0.3, 0.4) is 0 Å². The topological polar surface area (TPSA) is 102 Å². The van der Waals surface area contributed by atoms with Crippen LogP contribution in [0.1, 0.15) is 0 Å². The van der Waals surface area contributed by atoms with Crippen molar-refractivity contribution in [3.63, 3.8) is 0 Å². The molecule has 2 N–H and O–H groups in total. The van der Waals surface area contributed by atoms with Crippen molar-refractivity contribution in [1.29, 1.82) is 0 Å². The monoisotopic (exact) mass is 318 g/mol. The molecule has 0 radical (unpaired) electrons. The molecule has 18 heavy (non-hydrogen) atoms. The van der Waals surface area contributed by atoms with Gasteiger partial charge in [-0.05, 0) is 12.1 Å². The lowest BCUT2D eigenvalue weighted by atomic mass is 10.2. The maximum Gasteiger partial charge on any atom is 0.329 e. The molecule has 8 heteroatoms. The first-order chi connectivity index (χ1) is 8.50. The number of hydrogen-bond acceptors (Lipinski definition) is 5. The van der Waals surface area contributed by atoms with Gasteiger partial charge in [0.25, 0.3) is 5.69 Å². The second kappa shape index (κ2) is 6.92. The lowest BCUT2D eigenvalue weighted by molar-refractivity contribution is -0.384. The molecule has 0 amide bonds. The molecule has 98 valence electrons. The van der Waals surface area contributed by atoms with Gasteiger partial charge in [0.2, 0.25) is 0 Å². The van der Waals surface area contributed by atoms with Crippen LogP contribution in [0.4, 0.5) is 11.4 Å². The first-order valence-corrected chi connectivity index (χ1v) is 5.77. The summed E-state index contributed by atoms with van der Waals surface area (Å²) in [7, 11) is 0. The number of halogens is 1. The van der Waals surface area contributed by atoms with Crippen LogP contribution in [-0.2, 0) is 9.53 Å². The maximum absolute atomic E-state index is 10.8. The Hall–Kier alpha value is -1.67. The maximum atomic E-state index is 10.8. The second-order valence-corrected chi connectivity index (χ2v) is 4.21. The molecule has 0 saturated carbocycles. The van der Waals surface area contributed by atoms with E-state index in [1.54, 1.807) is 12.1 Å². The summed E-state index contributed by atoms with van der Waals surface area (Å²) in [6.45, 7) is 0.0549. The Kier molecular flexibility index (Phi) is 5.53. The van der Waals surface area contributed by atoms with Gasteiger partial charge in [0.15, 0.2) is 0 Å². The molecule has 0 bridgehead atoms. The number of anilines is 1. The molecule has 1 aromatic rings. The molecule has 0 aliphatic rings. The zero-order valence-electron chi connectivity index (χ0n) is 9.26. The molecule has 0 unspecified atom stereocenters. The summed E-state index contributed by atoms with van der Waals surface area (Å²) in [6.07, 6.45) is 0. The van der Waals surface area contributed by atoms with Gasteiger partial charge in [-0.2, -0.15) is 0 Å². The molecule has 0 fully saturated rings. The molecular formula is C10H11BrN2O5. The molecule has 0 aromatic heterocycles. The average molecular weight is 319 g/mol. The first-order valence-electron chi connectivity index (χ1n) is 4.98. The lowest BCUT2D eigenvalue weighted by Crippen LogP contribution is -2.14. The van der Waals surface area contributed by atoms with Gasteiger partial charge in [0.05, 0.1) is 11.5 Å². The molecule has 1 rings (SSSR count).